The molecule has 0 amide bonds. The molecule has 0 spiro atoms. The zero-order valence-corrected chi connectivity index (χ0v) is 15.8. The zero-order chi connectivity index (χ0) is 18.3. The second-order valence-corrected chi connectivity index (χ2v) is 6.78. The minimum absolute atomic E-state index is 0. The maximum absolute atomic E-state index is 10.6. The molecule has 0 aliphatic carbocycles. The molecule has 4 rings (SSSR count). The number of halogens is 2. The number of benzene rings is 2. The molecule has 2 aromatic carbocycles. The van der Waals surface area contributed by atoms with Gasteiger partial charge in [-0.25, -0.2) is 0 Å². The molecule has 27 heavy (non-hydrogen) atoms. The first-order valence-corrected chi connectivity index (χ1v) is 8.68. The van der Waals surface area contributed by atoms with E-state index in [0.717, 1.165) is 38.9 Å². The van der Waals surface area contributed by atoms with Crippen LogP contribution in [0.5, 0.6) is 0 Å². The number of nitrogens with one attached hydrogen (secondary N) is 3. The molecule has 5 N–H and O–H groups in total. The van der Waals surface area contributed by atoms with E-state index in [1.54, 1.807) is 0 Å². The highest BCUT2D eigenvalue weighted by Crippen LogP contribution is 2.38. The SMILES string of the molecule is Cl.O=C(O)CNCc1ccc2[nH]c(-c3ccc(Cl)c4c3C(O)NC4)cc2c1. The van der Waals surface area contributed by atoms with Crippen LogP contribution in [0.2, 0.25) is 5.02 Å². The van der Waals surface area contributed by atoms with Crippen LogP contribution in [0.3, 0.4) is 0 Å². The highest BCUT2D eigenvalue weighted by Gasteiger charge is 2.26. The monoisotopic (exact) mass is 407 g/mol. The highest BCUT2D eigenvalue weighted by atomic mass is 35.5. The molecular weight excluding hydrogens is 389 g/mol. The number of hydrogen-bond acceptors (Lipinski definition) is 4. The largest absolute Gasteiger partial charge is 0.480 e. The molecule has 0 saturated carbocycles. The lowest BCUT2D eigenvalue weighted by atomic mass is 10.00. The maximum atomic E-state index is 10.6. The maximum Gasteiger partial charge on any atom is 0.317 e. The summed E-state index contributed by atoms with van der Waals surface area (Å²) < 4.78 is 0. The molecule has 3 aromatic rings. The lowest BCUT2D eigenvalue weighted by molar-refractivity contribution is -0.135. The summed E-state index contributed by atoms with van der Waals surface area (Å²) >= 11 is 6.25. The minimum atomic E-state index is -0.876. The number of carboxylic acids is 1. The van der Waals surface area contributed by atoms with Crippen molar-refractivity contribution in [1.29, 1.82) is 0 Å². The van der Waals surface area contributed by atoms with Crippen molar-refractivity contribution >= 4 is 40.9 Å². The summed E-state index contributed by atoms with van der Waals surface area (Å²) in [7, 11) is 0. The van der Waals surface area contributed by atoms with Crippen LogP contribution in [-0.2, 0) is 17.9 Å². The number of aliphatic hydroxyl groups is 1. The Morgan fingerprint density at radius 3 is 2.85 bits per heavy atom. The Hall–Kier alpha value is -2.09. The van der Waals surface area contributed by atoms with E-state index in [1.807, 2.05) is 36.4 Å². The van der Waals surface area contributed by atoms with Crippen LogP contribution in [0.1, 0.15) is 22.9 Å². The van der Waals surface area contributed by atoms with Gasteiger partial charge in [-0.3, -0.25) is 10.1 Å². The number of carboxylic acid groups (broad SMARTS) is 1. The third kappa shape index (κ3) is 3.81. The molecule has 2 heterocycles. The molecule has 8 heteroatoms. The van der Waals surface area contributed by atoms with Crippen molar-refractivity contribution < 1.29 is 15.0 Å². The summed E-state index contributed by atoms with van der Waals surface area (Å²) in [6.07, 6.45) is -0.735. The van der Waals surface area contributed by atoms with Gasteiger partial charge in [-0.15, -0.1) is 12.4 Å². The van der Waals surface area contributed by atoms with E-state index in [2.05, 4.69) is 15.6 Å². The zero-order valence-electron chi connectivity index (χ0n) is 14.3. The second-order valence-electron chi connectivity index (χ2n) is 6.37. The van der Waals surface area contributed by atoms with E-state index in [4.69, 9.17) is 16.7 Å². The van der Waals surface area contributed by atoms with Crippen LogP contribution < -0.4 is 10.6 Å². The van der Waals surface area contributed by atoms with Crippen molar-refractivity contribution in [3.05, 3.63) is 58.1 Å². The summed E-state index contributed by atoms with van der Waals surface area (Å²) in [6.45, 7) is 0.961. The number of aromatic amines is 1. The Morgan fingerprint density at radius 2 is 2.07 bits per heavy atom. The lowest BCUT2D eigenvalue weighted by Gasteiger charge is -2.11. The summed E-state index contributed by atoms with van der Waals surface area (Å²) in [5.74, 6) is -0.876. The van der Waals surface area contributed by atoms with E-state index >= 15 is 0 Å². The third-order valence-electron chi connectivity index (χ3n) is 4.63. The number of aromatic nitrogens is 1. The van der Waals surface area contributed by atoms with E-state index < -0.39 is 12.2 Å². The predicted octanol–water partition coefficient (Wildman–Crippen LogP) is 3.18. The average Bonchev–Trinajstić information content (AvgIpc) is 3.19. The number of fused-ring (bicyclic) bond motifs is 2. The molecule has 1 aliphatic heterocycles. The van der Waals surface area contributed by atoms with Crippen LogP contribution in [0, 0.1) is 0 Å². The molecule has 1 aliphatic rings. The van der Waals surface area contributed by atoms with E-state index in [0.29, 0.717) is 18.1 Å². The van der Waals surface area contributed by atoms with Gasteiger partial charge in [0.05, 0.1) is 6.54 Å². The Labute approximate surface area is 167 Å². The van der Waals surface area contributed by atoms with Gasteiger partial charge >= 0.3 is 5.97 Å². The Balaban J connectivity index is 0.00000210. The first-order chi connectivity index (χ1) is 12.5. The van der Waals surface area contributed by atoms with Gasteiger partial charge in [-0.1, -0.05) is 23.7 Å². The fraction of sp³-hybridized carbons (Fsp3) is 0.211. The molecule has 0 saturated heterocycles. The molecule has 0 fully saturated rings. The molecule has 1 atom stereocenters. The molecule has 0 radical (unpaired) electrons. The van der Waals surface area contributed by atoms with Gasteiger partial charge in [0, 0.05) is 45.8 Å². The summed E-state index contributed by atoms with van der Waals surface area (Å²) in [5.41, 5.74) is 5.55. The number of rotatable bonds is 5. The average molecular weight is 408 g/mol. The third-order valence-corrected chi connectivity index (χ3v) is 4.98. The summed E-state index contributed by atoms with van der Waals surface area (Å²) in [4.78, 5) is 14.0. The van der Waals surface area contributed by atoms with Crippen LogP contribution in [0.15, 0.2) is 36.4 Å². The molecule has 6 nitrogen and oxygen atoms in total. The number of hydrogen-bond donors (Lipinski definition) is 5. The van der Waals surface area contributed by atoms with Crippen LogP contribution in [-0.4, -0.2) is 27.7 Å². The Kier molecular flexibility index (Phi) is 5.74. The molecule has 1 aromatic heterocycles. The van der Waals surface area contributed by atoms with Gasteiger partial charge in [0.15, 0.2) is 0 Å². The molecule has 142 valence electrons. The number of carbonyl (C=O) groups is 1. The standard InChI is InChI=1S/C19H18ClN3O3.ClH/c20-14-3-2-12(18-13(14)8-22-19(18)26)16-6-11-5-10(1-4-15(11)23-16)7-21-9-17(24)25;/h1-6,19,21-23,26H,7-9H2,(H,24,25);1H. The number of aliphatic carboxylic acids is 1. The van der Waals surface area contributed by atoms with Gasteiger partial charge in [0.2, 0.25) is 0 Å². The second kappa shape index (κ2) is 7.88. The first-order valence-electron chi connectivity index (χ1n) is 8.30. The summed E-state index contributed by atoms with van der Waals surface area (Å²) in [6, 6.07) is 11.8. The van der Waals surface area contributed by atoms with E-state index in [-0.39, 0.29) is 19.0 Å². The van der Waals surface area contributed by atoms with Crippen LogP contribution in [0.4, 0.5) is 0 Å². The van der Waals surface area contributed by atoms with Crippen molar-refractivity contribution in [2.45, 2.75) is 19.3 Å². The first kappa shape index (κ1) is 19.7. The van der Waals surface area contributed by atoms with Crippen LogP contribution in [0.25, 0.3) is 22.2 Å². The minimum Gasteiger partial charge on any atom is -0.480 e. The lowest BCUT2D eigenvalue weighted by Crippen LogP contribution is -2.21. The van der Waals surface area contributed by atoms with Crippen molar-refractivity contribution in [3.63, 3.8) is 0 Å². The van der Waals surface area contributed by atoms with Gasteiger partial charge in [0.25, 0.3) is 0 Å². The van der Waals surface area contributed by atoms with Crippen molar-refractivity contribution in [2.75, 3.05) is 6.54 Å². The normalized spacial score (nSPS) is 15.6. The molecule has 0 bridgehead atoms. The smallest absolute Gasteiger partial charge is 0.317 e. The van der Waals surface area contributed by atoms with E-state index in [9.17, 15) is 9.90 Å². The van der Waals surface area contributed by atoms with Gasteiger partial charge in [-0.2, -0.15) is 0 Å². The Bertz CT molecular complexity index is 1000. The fourth-order valence-electron chi connectivity index (χ4n) is 3.42. The van der Waals surface area contributed by atoms with Gasteiger partial charge in [-0.05, 0) is 35.4 Å². The van der Waals surface area contributed by atoms with E-state index in [1.165, 1.54) is 0 Å². The van der Waals surface area contributed by atoms with Crippen molar-refractivity contribution in [1.82, 2.24) is 15.6 Å². The van der Waals surface area contributed by atoms with Crippen molar-refractivity contribution in [2.24, 2.45) is 0 Å². The number of aliphatic hydroxyl groups excluding tert-OH is 1. The topological polar surface area (TPSA) is 97.4 Å². The fourth-order valence-corrected chi connectivity index (χ4v) is 3.65. The Morgan fingerprint density at radius 1 is 1.26 bits per heavy atom. The predicted molar refractivity (Wildman–Crippen MR) is 107 cm³/mol. The highest BCUT2D eigenvalue weighted by molar-refractivity contribution is 6.31. The van der Waals surface area contributed by atoms with Gasteiger partial charge in [0.1, 0.15) is 6.23 Å². The van der Waals surface area contributed by atoms with Crippen molar-refractivity contribution in [3.8, 4) is 11.3 Å². The van der Waals surface area contributed by atoms with Gasteiger partial charge < -0.3 is 20.5 Å². The number of H-pyrrole nitrogens is 1. The molecule has 1 unspecified atom stereocenters. The summed E-state index contributed by atoms with van der Waals surface area (Å²) in [5, 5.41) is 26.5. The molecular formula is C19H19Cl2N3O3. The quantitative estimate of drug-likeness (QED) is 0.447. The van der Waals surface area contributed by atoms with Crippen LogP contribution >= 0.6 is 24.0 Å².